The van der Waals surface area contributed by atoms with E-state index in [4.69, 9.17) is 4.74 Å². The van der Waals surface area contributed by atoms with Crippen molar-refractivity contribution in [2.75, 3.05) is 24.2 Å². The highest BCUT2D eigenvalue weighted by atomic mass is 32.2. The molecule has 0 saturated carbocycles. The molecule has 1 aromatic carbocycles. The van der Waals surface area contributed by atoms with E-state index in [2.05, 4.69) is 10.3 Å². The van der Waals surface area contributed by atoms with E-state index in [0.29, 0.717) is 18.0 Å². The lowest BCUT2D eigenvalue weighted by atomic mass is 10.3. The van der Waals surface area contributed by atoms with E-state index in [1.165, 1.54) is 11.4 Å². The minimum Gasteiger partial charge on any atom is -0.497 e. The van der Waals surface area contributed by atoms with Crippen LogP contribution in [-0.4, -0.2) is 39.2 Å². The van der Waals surface area contributed by atoms with Gasteiger partial charge in [-0.05, 0) is 36.4 Å². The van der Waals surface area contributed by atoms with Gasteiger partial charge in [-0.1, -0.05) is 6.07 Å². The standard InChI is InChI=1S/C17H21N3O4S/c1-24-16-8-6-15(7-9-16)20(25(2,22)23)12-10-17(21)19-13-14-5-3-4-11-18-14/h3-9,11H,10,12-13H2,1-2H3,(H,19,21). The molecule has 1 N–H and O–H groups in total. The highest BCUT2D eigenvalue weighted by Gasteiger charge is 2.18. The number of nitrogens with zero attached hydrogens (tertiary/aromatic N) is 2. The van der Waals surface area contributed by atoms with Crippen LogP contribution in [0, 0.1) is 0 Å². The van der Waals surface area contributed by atoms with Crippen molar-refractivity contribution < 1.29 is 17.9 Å². The lowest BCUT2D eigenvalue weighted by Gasteiger charge is -2.22. The molecular formula is C17H21N3O4S. The van der Waals surface area contributed by atoms with Crippen molar-refractivity contribution >= 4 is 21.6 Å². The predicted octanol–water partition coefficient (Wildman–Crippen LogP) is 1.56. The number of nitrogens with one attached hydrogen (secondary N) is 1. The monoisotopic (exact) mass is 363 g/mol. The molecule has 0 spiro atoms. The zero-order valence-corrected chi connectivity index (χ0v) is 15.0. The number of pyridine rings is 1. The van der Waals surface area contributed by atoms with Crippen LogP contribution in [0.3, 0.4) is 0 Å². The van der Waals surface area contributed by atoms with E-state index in [9.17, 15) is 13.2 Å². The summed E-state index contributed by atoms with van der Waals surface area (Å²) in [6.45, 7) is 0.361. The van der Waals surface area contributed by atoms with Crippen LogP contribution < -0.4 is 14.4 Å². The normalized spacial score (nSPS) is 11.0. The number of methoxy groups -OCH3 is 1. The third kappa shape index (κ3) is 5.75. The Labute approximate surface area is 147 Å². The van der Waals surface area contributed by atoms with Crippen LogP contribution in [-0.2, 0) is 21.4 Å². The number of rotatable bonds is 8. The Kier molecular flexibility index (Phi) is 6.35. The van der Waals surface area contributed by atoms with E-state index in [-0.39, 0.29) is 18.9 Å². The van der Waals surface area contributed by atoms with Crippen molar-refractivity contribution in [3.05, 3.63) is 54.4 Å². The first-order valence-electron chi connectivity index (χ1n) is 7.68. The van der Waals surface area contributed by atoms with Gasteiger partial charge in [-0.15, -0.1) is 0 Å². The summed E-state index contributed by atoms with van der Waals surface area (Å²) in [6, 6.07) is 12.1. The molecule has 8 heteroatoms. The van der Waals surface area contributed by atoms with Crippen LogP contribution in [0.4, 0.5) is 5.69 Å². The van der Waals surface area contributed by atoms with Crippen molar-refractivity contribution in [2.24, 2.45) is 0 Å². The van der Waals surface area contributed by atoms with E-state index in [1.54, 1.807) is 42.6 Å². The largest absolute Gasteiger partial charge is 0.497 e. The molecule has 0 aliphatic carbocycles. The van der Waals surface area contributed by atoms with Crippen molar-refractivity contribution in [3.63, 3.8) is 0 Å². The zero-order chi connectivity index (χ0) is 18.3. The first-order valence-corrected chi connectivity index (χ1v) is 9.53. The molecule has 0 atom stereocenters. The minimum absolute atomic E-state index is 0.0476. The average Bonchev–Trinajstić information content (AvgIpc) is 2.60. The highest BCUT2D eigenvalue weighted by molar-refractivity contribution is 7.92. The van der Waals surface area contributed by atoms with E-state index in [0.717, 1.165) is 11.9 Å². The summed E-state index contributed by atoms with van der Waals surface area (Å²) in [4.78, 5) is 16.1. The first kappa shape index (κ1) is 18.7. The third-order valence-electron chi connectivity index (χ3n) is 3.50. The maximum Gasteiger partial charge on any atom is 0.232 e. The second-order valence-corrected chi connectivity index (χ2v) is 7.29. The van der Waals surface area contributed by atoms with Gasteiger partial charge in [0.1, 0.15) is 5.75 Å². The molecule has 2 rings (SSSR count). The molecule has 0 unspecified atom stereocenters. The number of benzene rings is 1. The van der Waals surface area contributed by atoms with Crippen molar-refractivity contribution in [2.45, 2.75) is 13.0 Å². The summed E-state index contributed by atoms with van der Waals surface area (Å²) >= 11 is 0. The third-order valence-corrected chi connectivity index (χ3v) is 4.69. The molecular weight excluding hydrogens is 342 g/mol. The lowest BCUT2D eigenvalue weighted by molar-refractivity contribution is -0.121. The van der Waals surface area contributed by atoms with Gasteiger partial charge in [0.25, 0.3) is 0 Å². The topological polar surface area (TPSA) is 88.6 Å². The Morgan fingerprint density at radius 3 is 2.48 bits per heavy atom. The molecule has 0 fully saturated rings. The SMILES string of the molecule is COc1ccc(N(CCC(=O)NCc2ccccn2)S(C)(=O)=O)cc1. The molecule has 0 saturated heterocycles. The Balaban J connectivity index is 1.96. The fourth-order valence-electron chi connectivity index (χ4n) is 2.22. The van der Waals surface area contributed by atoms with Crippen molar-refractivity contribution in [1.82, 2.24) is 10.3 Å². The van der Waals surface area contributed by atoms with Crippen LogP contribution in [0.25, 0.3) is 0 Å². The molecule has 1 aromatic heterocycles. The van der Waals surface area contributed by atoms with Gasteiger partial charge in [-0.25, -0.2) is 8.42 Å². The minimum atomic E-state index is -3.50. The van der Waals surface area contributed by atoms with Crippen LogP contribution in [0.2, 0.25) is 0 Å². The first-order chi connectivity index (χ1) is 11.9. The molecule has 25 heavy (non-hydrogen) atoms. The second kappa shape index (κ2) is 8.48. The summed E-state index contributed by atoms with van der Waals surface area (Å²) < 4.78 is 30.3. The van der Waals surface area contributed by atoms with E-state index >= 15 is 0 Å². The Hall–Kier alpha value is -2.61. The van der Waals surface area contributed by atoms with Gasteiger partial charge in [-0.2, -0.15) is 0 Å². The molecule has 134 valence electrons. The van der Waals surface area contributed by atoms with Gasteiger partial charge < -0.3 is 10.1 Å². The number of hydrogen-bond acceptors (Lipinski definition) is 5. The number of amides is 1. The number of anilines is 1. The summed E-state index contributed by atoms with van der Waals surface area (Å²) in [7, 11) is -1.96. The number of ether oxygens (including phenoxy) is 1. The number of carbonyl (C=O) groups is 1. The van der Waals surface area contributed by atoms with Crippen molar-refractivity contribution in [3.8, 4) is 5.75 Å². The Morgan fingerprint density at radius 2 is 1.92 bits per heavy atom. The number of carbonyl (C=O) groups excluding carboxylic acids is 1. The smallest absolute Gasteiger partial charge is 0.232 e. The molecule has 0 aliphatic rings. The summed E-state index contributed by atoms with van der Waals surface area (Å²) in [6.07, 6.45) is 2.81. The van der Waals surface area contributed by atoms with Crippen LogP contribution in [0.1, 0.15) is 12.1 Å². The fraction of sp³-hybridized carbons (Fsp3) is 0.294. The van der Waals surface area contributed by atoms with Gasteiger partial charge in [0.05, 0.1) is 31.3 Å². The Morgan fingerprint density at radius 1 is 1.20 bits per heavy atom. The Bertz CT molecular complexity index is 792. The van der Waals surface area contributed by atoms with Gasteiger partial charge in [0.2, 0.25) is 15.9 Å². The molecule has 7 nitrogen and oxygen atoms in total. The van der Waals surface area contributed by atoms with Crippen molar-refractivity contribution in [1.29, 1.82) is 0 Å². The molecule has 0 radical (unpaired) electrons. The van der Waals surface area contributed by atoms with Crippen LogP contribution >= 0.6 is 0 Å². The van der Waals surface area contributed by atoms with E-state index in [1.807, 2.05) is 6.07 Å². The van der Waals surface area contributed by atoms with Crippen LogP contribution in [0.5, 0.6) is 5.75 Å². The maximum atomic E-state index is 12.0. The quantitative estimate of drug-likeness (QED) is 0.769. The lowest BCUT2D eigenvalue weighted by Crippen LogP contribution is -2.34. The van der Waals surface area contributed by atoms with Crippen LogP contribution in [0.15, 0.2) is 48.7 Å². The molecule has 0 bridgehead atoms. The number of sulfonamides is 1. The molecule has 0 aliphatic heterocycles. The van der Waals surface area contributed by atoms with Gasteiger partial charge in [0.15, 0.2) is 0 Å². The maximum absolute atomic E-state index is 12.0. The predicted molar refractivity (Wildman–Crippen MR) is 95.9 cm³/mol. The van der Waals surface area contributed by atoms with E-state index < -0.39 is 10.0 Å². The summed E-state index contributed by atoms with van der Waals surface area (Å²) in [5.74, 6) is 0.387. The summed E-state index contributed by atoms with van der Waals surface area (Å²) in [5.41, 5.74) is 1.23. The zero-order valence-electron chi connectivity index (χ0n) is 14.2. The van der Waals surface area contributed by atoms with Gasteiger partial charge in [-0.3, -0.25) is 14.1 Å². The van der Waals surface area contributed by atoms with Gasteiger partial charge in [0, 0.05) is 19.2 Å². The number of aromatic nitrogens is 1. The number of hydrogen-bond donors (Lipinski definition) is 1. The molecule has 2 aromatic rings. The second-order valence-electron chi connectivity index (χ2n) is 5.38. The molecule has 1 heterocycles. The molecule has 1 amide bonds. The summed E-state index contributed by atoms with van der Waals surface area (Å²) in [5, 5.41) is 2.73. The fourth-order valence-corrected chi connectivity index (χ4v) is 3.15. The highest BCUT2D eigenvalue weighted by Crippen LogP contribution is 2.21. The van der Waals surface area contributed by atoms with Gasteiger partial charge >= 0.3 is 0 Å². The average molecular weight is 363 g/mol.